The summed E-state index contributed by atoms with van der Waals surface area (Å²) >= 11 is 4.64. The Kier molecular flexibility index (Phi) is 4.43. The molecule has 0 N–H and O–H groups in total. The summed E-state index contributed by atoms with van der Waals surface area (Å²) in [5, 5.41) is 0. The molecule has 0 amide bonds. The zero-order valence-corrected chi connectivity index (χ0v) is 12.9. The number of hydrogen-bond acceptors (Lipinski definition) is 1. The Hall–Kier alpha value is 0.350. The Morgan fingerprint density at radius 2 is 1.62 bits per heavy atom. The summed E-state index contributed by atoms with van der Waals surface area (Å²) in [5.74, 6) is 3.48. The van der Waals surface area contributed by atoms with Crippen LogP contribution in [0.1, 0.15) is 60.8 Å². The normalized spacial score (nSPS) is 48.6. The van der Waals surface area contributed by atoms with E-state index in [0.717, 1.165) is 23.5 Å². The van der Waals surface area contributed by atoms with Gasteiger partial charge >= 0.3 is 0 Å². The Morgan fingerprint density at radius 1 is 1.06 bits per heavy atom. The van der Waals surface area contributed by atoms with Crippen LogP contribution in [0.5, 0.6) is 0 Å². The van der Waals surface area contributed by atoms with E-state index in [9.17, 15) is 0 Å². The van der Waals surface area contributed by atoms with Gasteiger partial charge in [-0.25, -0.2) is 0 Å². The lowest BCUT2D eigenvalue weighted by atomic mass is 9.59. The van der Waals surface area contributed by atoms with Crippen molar-refractivity contribution in [3.63, 3.8) is 0 Å². The standard InChI is InChI=1S/C15H30S/c1-7-9-15(6)13(10-16)11(3)12(4)14(15,5)8-2/h11-13,16H,7-10H2,1-6H3/t11-,12?,13+,14+,15?/m1/s1. The zero-order chi connectivity index (χ0) is 12.6. The Bertz CT molecular complexity index is 238. The summed E-state index contributed by atoms with van der Waals surface area (Å²) in [5.41, 5.74) is 0.979. The van der Waals surface area contributed by atoms with E-state index in [-0.39, 0.29) is 0 Å². The van der Waals surface area contributed by atoms with E-state index in [0.29, 0.717) is 10.8 Å². The van der Waals surface area contributed by atoms with Crippen molar-refractivity contribution < 1.29 is 0 Å². The van der Waals surface area contributed by atoms with Crippen LogP contribution in [0.15, 0.2) is 0 Å². The first kappa shape index (κ1) is 14.4. The molecule has 1 saturated carbocycles. The zero-order valence-electron chi connectivity index (χ0n) is 12.0. The van der Waals surface area contributed by atoms with Crippen LogP contribution in [-0.4, -0.2) is 5.75 Å². The van der Waals surface area contributed by atoms with Crippen molar-refractivity contribution in [3.05, 3.63) is 0 Å². The van der Waals surface area contributed by atoms with Gasteiger partial charge in [-0.2, -0.15) is 12.6 Å². The highest BCUT2D eigenvalue weighted by Crippen LogP contribution is 2.65. The molecule has 0 spiro atoms. The first-order valence-corrected chi connectivity index (χ1v) is 7.63. The van der Waals surface area contributed by atoms with E-state index in [1.54, 1.807) is 0 Å². The summed E-state index contributed by atoms with van der Waals surface area (Å²) in [6.07, 6.45) is 3.96. The van der Waals surface area contributed by atoms with Gasteiger partial charge in [0.25, 0.3) is 0 Å². The van der Waals surface area contributed by atoms with E-state index in [1.807, 2.05) is 0 Å². The van der Waals surface area contributed by atoms with Crippen molar-refractivity contribution in [3.8, 4) is 0 Å². The van der Waals surface area contributed by atoms with Gasteiger partial charge in [-0.3, -0.25) is 0 Å². The fourth-order valence-electron chi connectivity index (χ4n) is 4.54. The minimum absolute atomic E-state index is 0.483. The van der Waals surface area contributed by atoms with Crippen LogP contribution in [0, 0.1) is 28.6 Å². The van der Waals surface area contributed by atoms with Crippen molar-refractivity contribution in [2.45, 2.75) is 60.8 Å². The van der Waals surface area contributed by atoms with Gasteiger partial charge in [0.05, 0.1) is 0 Å². The maximum atomic E-state index is 4.64. The third-order valence-corrected chi connectivity index (χ3v) is 6.65. The fourth-order valence-corrected chi connectivity index (χ4v) is 5.27. The molecule has 1 rings (SSSR count). The van der Waals surface area contributed by atoms with Crippen molar-refractivity contribution in [1.29, 1.82) is 0 Å². The first-order valence-electron chi connectivity index (χ1n) is 6.99. The molecule has 2 unspecified atom stereocenters. The first-order chi connectivity index (χ1) is 7.39. The van der Waals surface area contributed by atoms with E-state index >= 15 is 0 Å². The Labute approximate surface area is 108 Å². The molecule has 1 heteroatoms. The number of rotatable bonds is 4. The smallest absolute Gasteiger partial charge is 0.00614 e. The van der Waals surface area contributed by atoms with Crippen LogP contribution >= 0.6 is 12.6 Å². The summed E-state index contributed by atoms with van der Waals surface area (Å²) in [6, 6.07) is 0. The van der Waals surface area contributed by atoms with E-state index in [2.05, 4.69) is 54.2 Å². The molecular weight excluding hydrogens is 212 g/mol. The van der Waals surface area contributed by atoms with Crippen LogP contribution < -0.4 is 0 Å². The summed E-state index contributed by atoms with van der Waals surface area (Å²) < 4.78 is 0. The third kappa shape index (κ3) is 1.74. The molecule has 16 heavy (non-hydrogen) atoms. The van der Waals surface area contributed by atoms with Gasteiger partial charge in [0.2, 0.25) is 0 Å². The monoisotopic (exact) mass is 242 g/mol. The molecule has 0 aromatic carbocycles. The van der Waals surface area contributed by atoms with Crippen molar-refractivity contribution in [2.24, 2.45) is 28.6 Å². The van der Waals surface area contributed by atoms with Crippen LogP contribution in [-0.2, 0) is 0 Å². The highest BCUT2D eigenvalue weighted by Gasteiger charge is 2.59. The molecule has 0 aliphatic heterocycles. The molecule has 96 valence electrons. The topological polar surface area (TPSA) is 0 Å². The quantitative estimate of drug-likeness (QED) is 0.656. The second-order valence-electron chi connectivity index (χ2n) is 6.38. The molecule has 1 aliphatic carbocycles. The molecule has 0 bridgehead atoms. The molecule has 1 aliphatic rings. The predicted molar refractivity (Wildman–Crippen MR) is 77.1 cm³/mol. The maximum absolute atomic E-state index is 4.64. The van der Waals surface area contributed by atoms with Crippen LogP contribution in [0.4, 0.5) is 0 Å². The Balaban J connectivity index is 3.16. The lowest BCUT2D eigenvalue weighted by molar-refractivity contribution is 0.0357. The van der Waals surface area contributed by atoms with E-state index in [1.165, 1.54) is 19.3 Å². The fraction of sp³-hybridized carbons (Fsp3) is 1.00. The lowest BCUT2D eigenvalue weighted by Crippen LogP contribution is -2.39. The Morgan fingerprint density at radius 3 is 2.00 bits per heavy atom. The van der Waals surface area contributed by atoms with E-state index < -0.39 is 0 Å². The largest absolute Gasteiger partial charge is 0.179 e. The van der Waals surface area contributed by atoms with Gasteiger partial charge in [0, 0.05) is 0 Å². The van der Waals surface area contributed by atoms with E-state index in [4.69, 9.17) is 0 Å². The number of thiol groups is 1. The minimum atomic E-state index is 0.483. The third-order valence-electron chi connectivity index (χ3n) is 6.25. The molecule has 0 aromatic heterocycles. The van der Waals surface area contributed by atoms with Crippen molar-refractivity contribution in [1.82, 2.24) is 0 Å². The SMILES string of the molecule is CCCC1(C)[C@@H](CS)[C@H](C)C(C)[C@]1(C)CC. The minimum Gasteiger partial charge on any atom is -0.179 e. The average Bonchev–Trinajstić information content (AvgIpc) is 2.39. The summed E-state index contributed by atoms with van der Waals surface area (Å²) in [7, 11) is 0. The van der Waals surface area contributed by atoms with Gasteiger partial charge in [0.15, 0.2) is 0 Å². The van der Waals surface area contributed by atoms with Gasteiger partial charge in [0.1, 0.15) is 0 Å². The predicted octanol–water partition coefficient (Wildman–Crippen LogP) is 5.04. The van der Waals surface area contributed by atoms with Gasteiger partial charge in [-0.15, -0.1) is 0 Å². The van der Waals surface area contributed by atoms with Crippen LogP contribution in [0.3, 0.4) is 0 Å². The molecule has 0 heterocycles. The maximum Gasteiger partial charge on any atom is -0.00614 e. The lowest BCUT2D eigenvalue weighted by Gasteiger charge is -2.46. The van der Waals surface area contributed by atoms with Gasteiger partial charge < -0.3 is 0 Å². The molecule has 0 aromatic rings. The highest BCUT2D eigenvalue weighted by molar-refractivity contribution is 7.80. The summed E-state index contributed by atoms with van der Waals surface area (Å²) in [4.78, 5) is 0. The van der Waals surface area contributed by atoms with Crippen LogP contribution in [0.25, 0.3) is 0 Å². The molecular formula is C15H30S. The average molecular weight is 242 g/mol. The number of hydrogen-bond donors (Lipinski definition) is 1. The summed E-state index contributed by atoms with van der Waals surface area (Å²) in [6.45, 7) is 14.7. The van der Waals surface area contributed by atoms with Gasteiger partial charge in [-0.05, 0) is 47.2 Å². The second-order valence-corrected chi connectivity index (χ2v) is 6.74. The highest BCUT2D eigenvalue weighted by atomic mass is 32.1. The molecule has 0 saturated heterocycles. The molecule has 0 radical (unpaired) electrons. The second kappa shape index (κ2) is 4.92. The van der Waals surface area contributed by atoms with Crippen LogP contribution in [0.2, 0.25) is 0 Å². The molecule has 0 nitrogen and oxygen atoms in total. The van der Waals surface area contributed by atoms with Crippen molar-refractivity contribution >= 4 is 12.6 Å². The van der Waals surface area contributed by atoms with Crippen molar-refractivity contribution in [2.75, 3.05) is 5.75 Å². The molecule has 1 fully saturated rings. The van der Waals surface area contributed by atoms with Gasteiger partial charge in [-0.1, -0.05) is 48.0 Å². The molecule has 5 atom stereocenters.